The molecule has 0 heterocycles. The van der Waals surface area contributed by atoms with Gasteiger partial charge in [0.05, 0.1) is 7.11 Å². The van der Waals surface area contributed by atoms with Gasteiger partial charge in [0, 0.05) is 23.1 Å². The van der Waals surface area contributed by atoms with Crippen molar-refractivity contribution in [1.29, 1.82) is 0 Å². The molecule has 0 fully saturated rings. The summed E-state index contributed by atoms with van der Waals surface area (Å²) in [4.78, 5) is 12.0. The fourth-order valence-corrected chi connectivity index (χ4v) is 2.00. The summed E-state index contributed by atoms with van der Waals surface area (Å²) in [5.74, 6) is -0.670. The van der Waals surface area contributed by atoms with Gasteiger partial charge in [-0.2, -0.15) is 0 Å². The van der Waals surface area contributed by atoms with E-state index in [9.17, 15) is 9.18 Å². The van der Waals surface area contributed by atoms with Crippen LogP contribution in [-0.4, -0.2) is 30.2 Å². The molecule has 0 spiro atoms. The van der Waals surface area contributed by atoms with Crippen LogP contribution in [0.1, 0.15) is 15.9 Å². The van der Waals surface area contributed by atoms with Gasteiger partial charge in [0.25, 0.3) is 5.91 Å². The first-order chi connectivity index (χ1) is 10.5. The number of methoxy groups -OCH3 is 1. The third-order valence-electron chi connectivity index (χ3n) is 3.17. The molecule has 0 saturated carbocycles. The van der Waals surface area contributed by atoms with Crippen molar-refractivity contribution in [2.75, 3.05) is 7.11 Å². The lowest BCUT2D eigenvalue weighted by molar-refractivity contribution is 0.0950. The summed E-state index contributed by atoms with van der Waals surface area (Å²) < 4.78 is 18.8. The molecule has 5 nitrogen and oxygen atoms in total. The predicted molar refractivity (Wildman–Crippen MR) is 80.4 cm³/mol. The second-order valence-electron chi connectivity index (χ2n) is 4.60. The molecule has 22 heavy (non-hydrogen) atoms. The summed E-state index contributed by atoms with van der Waals surface area (Å²) in [7, 11) is -0.375. The monoisotopic (exact) mass is 303 g/mol. The van der Waals surface area contributed by atoms with Crippen molar-refractivity contribution in [2.45, 2.75) is 6.54 Å². The Labute approximate surface area is 127 Å². The van der Waals surface area contributed by atoms with Crippen LogP contribution in [0.25, 0.3) is 0 Å². The quantitative estimate of drug-likeness (QED) is 0.701. The van der Waals surface area contributed by atoms with E-state index in [-0.39, 0.29) is 17.6 Å². The SMILES string of the molecule is COc1ccccc1CNC(=O)c1ccc(B(O)O)c(F)c1. The Bertz CT molecular complexity index is 678. The zero-order valence-electron chi connectivity index (χ0n) is 11.9. The normalized spacial score (nSPS) is 10.2. The van der Waals surface area contributed by atoms with Crippen LogP contribution < -0.4 is 15.5 Å². The van der Waals surface area contributed by atoms with Crippen LogP contribution in [0.4, 0.5) is 4.39 Å². The van der Waals surface area contributed by atoms with Crippen LogP contribution in [0, 0.1) is 5.82 Å². The van der Waals surface area contributed by atoms with Crippen molar-refractivity contribution in [3.05, 3.63) is 59.4 Å². The number of hydrogen-bond donors (Lipinski definition) is 3. The number of para-hydroxylation sites is 1. The van der Waals surface area contributed by atoms with Crippen molar-refractivity contribution < 1.29 is 24.0 Å². The van der Waals surface area contributed by atoms with E-state index in [0.717, 1.165) is 17.7 Å². The molecule has 0 unspecified atom stereocenters. The molecule has 2 aromatic carbocycles. The van der Waals surface area contributed by atoms with Gasteiger partial charge in [-0.15, -0.1) is 0 Å². The molecule has 0 aliphatic carbocycles. The van der Waals surface area contributed by atoms with E-state index in [1.807, 2.05) is 18.2 Å². The Hall–Kier alpha value is -2.38. The van der Waals surface area contributed by atoms with Gasteiger partial charge in [-0.25, -0.2) is 4.39 Å². The molecule has 0 radical (unpaired) electrons. The minimum Gasteiger partial charge on any atom is -0.496 e. The fourth-order valence-electron chi connectivity index (χ4n) is 2.00. The van der Waals surface area contributed by atoms with Gasteiger partial charge in [-0.1, -0.05) is 24.3 Å². The fraction of sp³-hybridized carbons (Fsp3) is 0.133. The third kappa shape index (κ3) is 3.63. The zero-order chi connectivity index (χ0) is 16.1. The van der Waals surface area contributed by atoms with Crippen LogP contribution in [0.5, 0.6) is 5.75 Å². The maximum atomic E-state index is 13.6. The highest BCUT2D eigenvalue weighted by Gasteiger charge is 2.18. The summed E-state index contributed by atoms with van der Waals surface area (Å²) in [6.07, 6.45) is 0. The summed E-state index contributed by atoms with van der Waals surface area (Å²) in [5.41, 5.74) is 0.610. The number of benzene rings is 2. The lowest BCUT2D eigenvalue weighted by Gasteiger charge is -2.10. The van der Waals surface area contributed by atoms with Gasteiger partial charge in [-0.05, 0) is 18.2 Å². The zero-order valence-corrected chi connectivity index (χ0v) is 11.9. The number of halogens is 1. The second-order valence-corrected chi connectivity index (χ2v) is 4.60. The Morgan fingerprint density at radius 1 is 1.27 bits per heavy atom. The largest absolute Gasteiger partial charge is 0.496 e. The maximum absolute atomic E-state index is 13.6. The van der Waals surface area contributed by atoms with E-state index < -0.39 is 18.8 Å². The lowest BCUT2D eigenvalue weighted by atomic mass is 9.79. The molecule has 7 heteroatoms. The molecular formula is C15H15BFNO4. The molecule has 2 rings (SSSR count). The second kappa shape index (κ2) is 7.06. The third-order valence-corrected chi connectivity index (χ3v) is 3.17. The minimum atomic E-state index is -1.91. The highest BCUT2D eigenvalue weighted by Crippen LogP contribution is 2.16. The van der Waals surface area contributed by atoms with Gasteiger partial charge >= 0.3 is 7.12 Å². The minimum absolute atomic E-state index is 0.0943. The van der Waals surface area contributed by atoms with E-state index in [1.165, 1.54) is 13.2 Å². The average molecular weight is 303 g/mol. The van der Waals surface area contributed by atoms with Gasteiger partial charge in [0.2, 0.25) is 0 Å². The summed E-state index contributed by atoms with van der Waals surface area (Å²) >= 11 is 0. The molecular weight excluding hydrogens is 288 g/mol. The number of nitrogens with one attached hydrogen (secondary N) is 1. The molecule has 0 atom stereocenters. The molecule has 0 bridgehead atoms. The van der Waals surface area contributed by atoms with Crippen LogP contribution in [0.3, 0.4) is 0 Å². The van der Waals surface area contributed by atoms with Crippen LogP contribution >= 0.6 is 0 Å². The molecule has 0 aliphatic heterocycles. The van der Waals surface area contributed by atoms with Crippen molar-refractivity contribution >= 4 is 18.5 Å². The summed E-state index contributed by atoms with van der Waals surface area (Å²) in [6, 6.07) is 10.7. The van der Waals surface area contributed by atoms with Gasteiger partial charge in [0.1, 0.15) is 11.6 Å². The van der Waals surface area contributed by atoms with Crippen molar-refractivity contribution in [3.63, 3.8) is 0 Å². The highest BCUT2D eigenvalue weighted by molar-refractivity contribution is 6.58. The van der Waals surface area contributed by atoms with E-state index >= 15 is 0 Å². The summed E-state index contributed by atoms with van der Waals surface area (Å²) in [5, 5.41) is 20.5. The first-order valence-electron chi connectivity index (χ1n) is 6.58. The van der Waals surface area contributed by atoms with Crippen LogP contribution in [-0.2, 0) is 6.54 Å². The predicted octanol–water partition coefficient (Wildman–Crippen LogP) is 0.444. The molecule has 1 amide bonds. The van der Waals surface area contributed by atoms with E-state index in [2.05, 4.69) is 5.32 Å². The molecule has 0 aliphatic rings. The first kappa shape index (κ1) is 16.0. The molecule has 0 aromatic heterocycles. The van der Waals surface area contributed by atoms with Crippen molar-refractivity contribution in [1.82, 2.24) is 5.32 Å². The van der Waals surface area contributed by atoms with E-state index in [4.69, 9.17) is 14.8 Å². The number of carbonyl (C=O) groups excluding carboxylic acids is 1. The topological polar surface area (TPSA) is 78.8 Å². The van der Waals surface area contributed by atoms with Gasteiger partial charge in [-0.3, -0.25) is 4.79 Å². The van der Waals surface area contributed by atoms with Crippen LogP contribution in [0.2, 0.25) is 0 Å². The van der Waals surface area contributed by atoms with Crippen LogP contribution in [0.15, 0.2) is 42.5 Å². The Morgan fingerprint density at radius 3 is 2.64 bits per heavy atom. The molecule has 0 saturated heterocycles. The molecule has 2 aromatic rings. The molecule has 3 N–H and O–H groups in total. The first-order valence-corrected chi connectivity index (χ1v) is 6.58. The average Bonchev–Trinajstić information content (AvgIpc) is 2.52. The van der Waals surface area contributed by atoms with E-state index in [0.29, 0.717) is 5.75 Å². The Kier molecular flexibility index (Phi) is 5.14. The summed E-state index contributed by atoms with van der Waals surface area (Å²) in [6.45, 7) is 0.231. The smallest absolute Gasteiger partial charge is 0.491 e. The van der Waals surface area contributed by atoms with Crippen molar-refractivity contribution in [2.24, 2.45) is 0 Å². The standard InChI is InChI=1S/C15H15BFNO4/c1-22-14-5-3-2-4-11(14)9-18-15(19)10-6-7-12(16(20)21)13(17)8-10/h2-8,20-21H,9H2,1H3,(H,18,19). The highest BCUT2D eigenvalue weighted by atomic mass is 19.1. The number of amides is 1. The lowest BCUT2D eigenvalue weighted by Crippen LogP contribution is -2.33. The van der Waals surface area contributed by atoms with Crippen molar-refractivity contribution in [3.8, 4) is 5.75 Å². The van der Waals surface area contributed by atoms with Gasteiger partial charge < -0.3 is 20.1 Å². The number of hydrogen-bond acceptors (Lipinski definition) is 4. The van der Waals surface area contributed by atoms with Gasteiger partial charge in [0.15, 0.2) is 0 Å². The number of rotatable bonds is 5. The molecule has 114 valence electrons. The number of ether oxygens (including phenoxy) is 1. The maximum Gasteiger partial charge on any atom is 0.491 e. The number of carbonyl (C=O) groups is 1. The Morgan fingerprint density at radius 2 is 2.00 bits per heavy atom. The Balaban J connectivity index is 2.08. The van der Waals surface area contributed by atoms with E-state index in [1.54, 1.807) is 6.07 Å².